The van der Waals surface area contributed by atoms with E-state index >= 15 is 0 Å². The molecular weight excluding hydrogens is 229 g/mol. The summed E-state index contributed by atoms with van der Waals surface area (Å²) in [6.45, 7) is 5.29. The van der Waals surface area contributed by atoms with Gasteiger partial charge < -0.3 is 5.32 Å². The minimum atomic E-state index is -0.462. The molecule has 3 nitrogen and oxygen atoms in total. The number of rotatable bonds is 4. The molecule has 1 aromatic rings. The van der Waals surface area contributed by atoms with Gasteiger partial charge in [0.2, 0.25) is 0 Å². The van der Waals surface area contributed by atoms with Gasteiger partial charge in [0.05, 0.1) is 5.56 Å². The van der Waals surface area contributed by atoms with Crippen LogP contribution in [0.2, 0.25) is 0 Å². The molecule has 1 atom stereocenters. The number of hydrogen-bond acceptors (Lipinski definition) is 3. The molecule has 1 aliphatic rings. The summed E-state index contributed by atoms with van der Waals surface area (Å²) in [5, 5.41) is 11.9. The lowest BCUT2D eigenvalue weighted by molar-refractivity contribution is 0.269. The van der Waals surface area contributed by atoms with Crippen LogP contribution in [-0.4, -0.2) is 30.6 Å². The molecule has 0 aliphatic carbocycles. The first-order valence-corrected chi connectivity index (χ1v) is 6.38. The van der Waals surface area contributed by atoms with Gasteiger partial charge in [-0.25, -0.2) is 4.39 Å². The summed E-state index contributed by atoms with van der Waals surface area (Å²) in [6.07, 6.45) is 2.55. The Labute approximate surface area is 107 Å². The molecule has 1 aliphatic heterocycles. The van der Waals surface area contributed by atoms with Gasteiger partial charge in [-0.15, -0.1) is 0 Å². The second-order valence-corrected chi connectivity index (χ2v) is 4.78. The number of likely N-dealkylation sites (tertiary alicyclic amines) is 1. The van der Waals surface area contributed by atoms with Gasteiger partial charge in [-0.05, 0) is 51.1 Å². The molecule has 1 fully saturated rings. The fraction of sp³-hybridized carbons (Fsp3) is 0.500. The maximum atomic E-state index is 13.4. The Bertz CT molecular complexity index is 447. The van der Waals surface area contributed by atoms with Gasteiger partial charge in [0, 0.05) is 18.3 Å². The summed E-state index contributed by atoms with van der Waals surface area (Å²) in [5.41, 5.74) is 0.825. The lowest BCUT2D eigenvalue weighted by Gasteiger charge is -2.24. The molecule has 18 heavy (non-hydrogen) atoms. The Hall–Kier alpha value is -1.60. The van der Waals surface area contributed by atoms with Crippen LogP contribution < -0.4 is 5.32 Å². The molecule has 1 aromatic carbocycles. The van der Waals surface area contributed by atoms with E-state index in [2.05, 4.69) is 17.1 Å². The molecule has 0 bridgehead atoms. The Morgan fingerprint density at radius 2 is 2.17 bits per heavy atom. The summed E-state index contributed by atoms with van der Waals surface area (Å²) in [5.74, 6) is -0.462. The van der Waals surface area contributed by atoms with Crippen LogP contribution in [0.3, 0.4) is 0 Å². The summed E-state index contributed by atoms with van der Waals surface area (Å²) in [4.78, 5) is 2.44. The standard InChI is InChI=1S/C14H18FN3/c1-11(18-6-2-3-7-18)10-17-13-5-4-12(9-16)14(15)8-13/h4-5,8,11,17H,2-3,6-7,10H2,1H3. The van der Waals surface area contributed by atoms with Crippen LogP contribution in [0.15, 0.2) is 18.2 Å². The molecule has 1 N–H and O–H groups in total. The average Bonchev–Trinajstić information content (AvgIpc) is 2.90. The molecule has 1 heterocycles. The van der Waals surface area contributed by atoms with E-state index in [-0.39, 0.29) is 5.56 Å². The number of nitrogens with zero attached hydrogens (tertiary/aromatic N) is 2. The van der Waals surface area contributed by atoms with Crippen molar-refractivity contribution in [2.75, 3.05) is 25.0 Å². The largest absolute Gasteiger partial charge is 0.383 e. The zero-order chi connectivity index (χ0) is 13.0. The number of benzene rings is 1. The highest BCUT2D eigenvalue weighted by Gasteiger charge is 2.17. The van der Waals surface area contributed by atoms with E-state index < -0.39 is 5.82 Å². The maximum Gasteiger partial charge on any atom is 0.143 e. The van der Waals surface area contributed by atoms with Crippen molar-refractivity contribution in [1.82, 2.24) is 4.90 Å². The van der Waals surface area contributed by atoms with Crippen molar-refractivity contribution in [3.63, 3.8) is 0 Å². The van der Waals surface area contributed by atoms with Gasteiger partial charge in [-0.2, -0.15) is 5.26 Å². The van der Waals surface area contributed by atoms with Crippen LogP contribution in [0.5, 0.6) is 0 Å². The minimum absolute atomic E-state index is 0.0909. The highest BCUT2D eigenvalue weighted by atomic mass is 19.1. The molecule has 0 spiro atoms. The monoisotopic (exact) mass is 247 g/mol. The number of hydrogen-bond donors (Lipinski definition) is 1. The molecule has 0 aromatic heterocycles. The normalized spacial score (nSPS) is 17.4. The molecule has 4 heteroatoms. The fourth-order valence-electron chi connectivity index (χ4n) is 2.29. The molecule has 0 saturated carbocycles. The van der Waals surface area contributed by atoms with E-state index in [1.165, 1.54) is 25.0 Å². The number of halogens is 1. The molecular formula is C14H18FN3. The average molecular weight is 247 g/mol. The predicted molar refractivity (Wildman–Crippen MR) is 69.9 cm³/mol. The topological polar surface area (TPSA) is 39.1 Å². The van der Waals surface area contributed by atoms with Gasteiger partial charge in [0.15, 0.2) is 0 Å². The van der Waals surface area contributed by atoms with Crippen LogP contribution in [0.25, 0.3) is 0 Å². The number of anilines is 1. The Morgan fingerprint density at radius 1 is 1.44 bits per heavy atom. The first kappa shape index (κ1) is 12.8. The van der Waals surface area contributed by atoms with Crippen LogP contribution in [0.1, 0.15) is 25.3 Å². The van der Waals surface area contributed by atoms with Gasteiger partial charge in [-0.3, -0.25) is 4.90 Å². The lowest BCUT2D eigenvalue weighted by Crippen LogP contribution is -2.35. The van der Waals surface area contributed by atoms with E-state index in [4.69, 9.17) is 5.26 Å². The number of nitrogens with one attached hydrogen (secondary N) is 1. The summed E-state index contributed by atoms with van der Waals surface area (Å²) in [6, 6.07) is 6.92. The molecule has 2 rings (SSSR count). The Morgan fingerprint density at radius 3 is 2.78 bits per heavy atom. The SMILES string of the molecule is CC(CNc1ccc(C#N)c(F)c1)N1CCCC1. The van der Waals surface area contributed by atoms with Crippen molar-refractivity contribution in [1.29, 1.82) is 5.26 Å². The minimum Gasteiger partial charge on any atom is -0.383 e. The van der Waals surface area contributed by atoms with Crippen LogP contribution in [0, 0.1) is 17.1 Å². The molecule has 1 saturated heterocycles. The summed E-state index contributed by atoms with van der Waals surface area (Å²) >= 11 is 0. The fourth-order valence-corrected chi connectivity index (χ4v) is 2.29. The highest BCUT2D eigenvalue weighted by molar-refractivity contribution is 5.48. The van der Waals surface area contributed by atoms with Crippen LogP contribution in [0.4, 0.5) is 10.1 Å². The van der Waals surface area contributed by atoms with Crippen molar-refractivity contribution in [3.05, 3.63) is 29.6 Å². The molecule has 0 amide bonds. The van der Waals surface area contributed by atoms with E-state index in [1.54, 1.807) is 6.07 Å². The highest BCUT2D eigenvalue weighted by Crippen LogP contribution is 2.15. The van der Waals surface area contributed by atoms with Crippen LogP contribution >= 0.6 is 0 Å². The quantitative estimate of drug-likeness (QED) is 0.889. The lowest BCUT2D eigenvalue weighted by atomic mass is 10.2. The van der Waals surface area contributed by atoms with Crippen molar-refractivity contribution in [3.8, 4) is 6.07 Å². The van der Waals surface area contributed by atoms with Gasteiger partial charge in [0.1, 0.15) is 11.9 Å². The third kappa shape index (κ3) is 2.99. The second kappa shape index (κ2) is 5.83. The van der Waals surface area contributed by atoms with Gasteiger partial charge in [0.25, 0.3) is 0 Å². The van der Waals surface area contributed by atoms with Gasteiger partial charge in [-0.1, -0.05) is 0 Å². The van der Waals surface area contributed by atoms with Crippen LogP contribution in [-0.2, 0) is 0 Å². The third-order valence-corrected chi connectivity index (χ3v) is 3.46. The molecule has 0 radical (unpaired) electrons. The smallest absolute Gasteiger partial charge is 0.143 e. The Kier molecular flexibility index (Phi) is 4.16. The first-order valence-electron chi connectivity index (χ1n) is 6.38. The number of nitriles is 1. The predicted octanol–water partition coefficient (Wildman–Crippen LogP) is 2.59. The molecule has 96 valence electrons. The maximum absolute atomic E-state index is 13.4. The third-order valence-electron chi connectivity index (χ3n) is 3.46. The second-order valence-electron chi connectivity index (χ2n) is 4.78. The van der Waals surface area contributed by atoms with E-state index in [1.807, 2.05) is 6.07 Å². The first-order chi connectivity index (χ1) is 8.70. The zero-order valence-electron chi connectivity index (χ0n) is 10.6. The van der Waals surface area contributed by atoms with Crippen molar-refractivity contribution in [2.24, 2.45) is 0 Å². The van der Waals surface area contributed by atoms with E-state index in [0.717, 1.165) is 25.3 Å². The zero-order valence-corrected chi connectivity index (χ0v) is 10.6. The summed E-state index contributed by atoms with van der Waals surface area (Å²) in [7, 11) is 0. The van der Waals surface area contributed by atoms with Crippen molar-refractivity contribution >= 4 is 5.69 Å². The van der Waals surface area contributed by atoms with E-state index in [9.17, 15) is 4.39 Å². The van der Waals surface area contributed by atoms with Crippen molar-refractivity contribution in [2.45, 2.75) is 25.8 Å². The molecule has 1 unspecified atom stereocenters. The van der Waals surface area contributed by atoms with Crippen molar-refractivity contribution < 1.29 is 4.39 Å². The van der Waals surface area contributed by atoms with Gasteiger partial charge >= 0.3 is 0 Å². The van der Waals surface area contributed by atoms with E-state index in [0.29, 0.717) is 6.04 Å². The summed E-state index contributed by atoms with van der Waals surface area (Å²) < 4.78 is 13.4. The Balaban J connectivity index is 1.90.